The van der Waals surface area contributed by atoms with E-state index in [1.165, 1.54) is 12.1 Å². The maximum absolute atomic E-state index is 13.2. The Morgan fingerprint density at radius 2 is 2.11 bits per heavy atom. The van der Waals surface area contributed by atoms with E-state index in [0.29, 0.717) is 25.2 Å². The maximum atomic E-state index is 13.2. The number of carbonyl (C=O) groups excluding carboxylic acids is 1. The fourth-order valence-corrected chi connectivity index (χ4v) is 1.91. The molecular formula is C15H23FN2O. The second kappa shape index (κ2) is 6.66. The molecule has 1 aromatic carbocycles. The Morgan fingerprint density at radius 3 is 2.63 bits per heavy atom. The van der Waals surface area contributed by atoms with Crippen molar-refractivity contribution < 1.29 is 9.18 Å². The van der Waals surface area contributed by atoms with E-state index in [0.717, 1.165) is 6.42 Å². The monoisotopic (exact) mass is 266 g/mol. The minimum atomic E-state index is -0.389. The van der Waals surface area contributed by atoms with E-state index >= 15 is 0 Å². The van der Waals surface area contributed by atoms with E-state index in [1.54, 1.807) is 17.0 Å². The van der Waals surface area contributed by atoms with Gasteiger partial charge in [0.15, 0.2) is 0 Å². The van der Waals surface area contributed by atoms with Crippen molar-refractivity contribution in [3.05, 3.63) is 35.6 Å². The third kappa shape index (κ3) is 4.63. The zero-order valence-electron chi connectivity index (χ0n) is 11.9. The highest BCUT2D eigenvalue weighted by atomic mass is 19.1. The van der Waals surface area contributed by atoms with Crippen LogP contribution in [0.15, 0.2) is 24.3 Å². The molecule has 3 nitrogen and oxygen atoms in total. The van der Waals surface area contributed by atoms with Crippen molar-refractivity contribution in [1.29, 1.82) is 0 Å². The molecule has 0 radical (unpaired) electrons. The number of hydrogen-bond donors (Lipinski definition) is 1. The zero-order chi connectivity index (χ0) is 14.5. The van der Waals surface area contributed by atoms with Crippen molar-refractivity contribution in [3.63, 3.8) is 0 Å². The summed E-state index contributed by atoms with van der Waals surface area (Å²) in [6.07, 6.45) is 0.863. The Balaban J connectivity index is 2.90. The van der Waals surface area contributed by atoms with Crippen molar-refractivity contribution in [2.45, 2.75) is 27.2 Å². The smallest absolute Gasteiger partial charge is 0.253 e. The number of nitrogens with two attached hydrogens (primary N) is 1. The van der Waals surface area contributed by atoms with Gasteiger partial charge in [-0.1, -0.05) is 26.8 Å². The number of amides is 1. The molecule has 0 saturated heterocycles. The topological polar surface area (TPSA) is 46.3 Å². The lowest BCUT2D eigenvalue weighted by Crippen LogP contribution is -2.42. The minimum absolute atomic E-state index is 0.136. The van der Waals surface area contributed by atoms with Crippen molar-refractivity contribution in [1.82, 2.24) is 4.90 Å². The molecule has 4 heteroatoms. The van der Waals surface area contributed by atoms with Gasteiger partial charge in [0.05, 0.1) is 0 Å². The molecule has 0 saturated carbocycles. The summed E-state index contributed by atoms with van der Waals surface area (Å²) in [5.41, 5.74) is 5.97. The molecule has 1 aromatic rings. The van der Waals surface area contributed by atoms with Crippen molar-refractivity contribution in [2.75, 3.05) is 19.6 Å². The Kier molecular flexibility index (Phi) is 5.48. The largest absolute Gasteiger partial charge is 0.338 e. The minimum Gasteiger partial charge on any atom is -0.338 e. The Bertz CT molecular complexity index is 432. The SMILES string of the molecule is CCCN(CC(C)(C)CN)C(=O)c1cccc(F)c1. The van der Waals surface area contributed by atoms with Gasteiger partial charge in [-0.3, -0.25) is 4.79 Å². The maximum Gasteiger partial charge on any atom is 0.253 e. The summed E-state index contributed by atoms with van der Waals surface area (Å²) in [5.74, 6) is -0.525. The van der Waals surface area contributed by atoms with E-state index < -0.39 is 0 Å². The molecule has 1 rings (SSSR count). The fourth-order valence-electron chi connectivity index (χ4n) is 1.91. The summed E-state index contributed by atoms with van der Waals surface area (Å²) in [5, 5.41) is 0. The van der Waals surface area contributed by atoms with E-state index in [-0.39, 0.29) is 17.1 Å². The number of halogens is 1. The summed E-state index contributed by atoms with van der Waals surface area (Å²) in [6.45, 7) is 7.79. The zero-order valence-corrected chi connectivity index (χ0v) is 11.9. The summed E-state index contributed by atoms with van der Waals surface area (Å²) >= 11 is 0. The van der Waals surface area contributed by atoms with Gasteiger partial charge >= 0.3 is 0 Å². The number of benzene rings is 1. The molecule has 0 spiro atoms. The predicted molar refractivity (Wildman–Crippen MR) is 75.4 cm³/mol. The molecule has 106 valence electrons. The van der Waals surface area contributed by atoms with Gasteiger partial charge in [0, 0.05) is 18.7 Å². The van der Waals surface area contributed by atoms with Crippen LogP contribution in [-0.2, 0) is 0 Å². The van der Waals surface area contributed by atoms with Crippen LogP contribution in [0.5, 0.6) is 0 Å². The Labute approximate surface area is 114 Å². The molecule has 2 N–H and O–H groups in total. The Morgan fingerprint density at radius 1 is 1.42 bits per heavy atom. The summed E-state index contributed by atoms with van der Waals surface area (Å²) in [6, 6.07) is 5.81. The molecule has 19 heavy (non-hydrogen) atoms. The highest BCUT2D eigenvalue weighted by Gasteiger charge is 2.24. The number of hydrogen-bond acceptors (Lipinski definition) is 2. The molecule has 0 heterocycles. The molecular weight excluding hydrogens is 243 g/mol. The molecule has 0 unspecified atom stereocenters. The quantitative estimate of drug-likeness (QED) is 0.860. The molecule has 0 aromatic heterocycles. The van der Waals surface area contributed by atoms with Crippen LogP contribution >= 0.6 is 0 Å². The predicted octanol–water partition coefficient (Wildman–Crippen LogP) is 2.66. The van der Waals surface area contributed by atoms with Gasteiger partial charge in [-0.25, -0.2) is 4.39 Å². The molecule has 0 aliphatic rings. The van der Waals surface area contributed by atoms with Crippen LogP contribution in [0.3, 0.4) is 0 Å². The normalized spacial score (nSPS) is 11.4. The second-order valence-electron chi connectivity index (χ2n) is 5.61. The fraction of sp³-hybridized carbons (Fsp3) is 0.533. The first-order chi connectivity index (χ1) is 8.89. The summed E-state index contributed by atoms with van der Waals surface area (Å²) < 4.78 is 13.2. The highest BCUT2D eigenvalue weighted by molar-refractivity contribution is 5.94. The van der Waals surface area contributed by atoms with E-state index in [1.807, 2.05) is 20.8 Å². The van der Waals surface area contributed by atoms with E-state index in [2.05, 4.69) is 0 Å². The van der Waals surface area contributed by atoms with Crippen LogP contribution in [0.1, 0.15) is 37.6 Å². The number of rotatable bonds is 6. The van der Waals surface area contributed by atoms with Gasteiger partial charge in [-0.05, 0) is 36.6 Å². The van der Waals surface area contributed by atoms with Gasteiger partial charge in [0.2, 0.25) is 0 Å². The number of carbonyl (C=O) groups is 1. The van der Waals surface area contributed by atoms with Crippen molar-refractivity contribution in [3.8, 4) is 0 Å². The van der Waals surface area contributed by atoms with Crippen LogP contribution in [0, 0.1) is 11.2 Å². The lowest BCUT2D eigenvalue weighted by molar-refractivity contribution is 0.0689. The van der Waals surface area contributed by atoms with Crippen LogP contribution < -0.4 is 5.73 Å². The van der Waals surface area contributed by atoms with Crippen LogP contribution in [0.4, 0.5) is 4.39 Å². The lowest BCUT2D eigenvalue weighted by atomic mass is 9.92. The van der Waals surface area contributed by atoms with E-state index in [4.69, 9.17) is 5.73 Å². The first-order valence-corrected chi connectivity index (χ1v) is 6.64. The van der Waals surface area contributed by atoms with Crippen LogP contribution in [-0.4, -0.2) is 30.4 Å². The molecule has 0 aliphatic heterocycles. The highest BCUT2D eigenvalue weighted by Crippen LogP contribution is 2.17. The average Bonchev–Trinajstić information content (AvgIpc) is 2.37. The van der Waals surface area contributed by atoms with Crippen molar-refractivity contribution in [2.24, 2.45) is 11.1 Å². The molecule has 0 atom stereocenters. The Hall–Kier alpha value is -1.42. The van der Waals surface area contributed by atoms with Gasteiger partial charge in [-0.15, -0.1) is 0 Å². The molecule has 0 fully saturated rings. The number of nitrogens with zero attached hydrogens (tertiary/aromatic N) is 1. The van der Waals surface area contributed by atoms with Gasteiger partial charge < -0.3 is 10.6 Å². The first-order valence-electron chi connectivity index (χ1n) is 6.64. The summed E-state index contributed by atoms with van der Waals surface area (Å²) in [7, 11) is 0. The van der Waals surface area contributed by atoms with Gasteiger partial charge in [-0.2, -0.15) is 0 Å². The van der Waals surface area contributed by atoms with Crippen molar-refractivity contribution >= 4 is 5.91 Å². The van der Waals surface area contributed by atoms with Gasteiger partial charge in [0.1, 0.15) is 5.82 Å². The van der Waals surface area contributed by atoms with Crippen LogP contribution in [0.2, 0.25) is 0 Å². The van der Waals surface area contributed by atoms with E-state index in [9.17, 15) is 9.18 Å². The summed E-state index contributed by atoms with van der Waals surface area (Å²) in [4.78, 5) is 14.2. The molecule has 0 bridgehead atoms. The second-order valence-corrected chi connectivity index (χ2v) is 5.61. The molecule has 0 aliphatic carbocycles. The van der Waals surface area contributed by atoms with Crippen LogP contribution in [0.25, 0.3) is 0 Å². The first kappa shape index (κ1) is 15.6. The lowest BCUT2D eigenvalue weighted by Gasteiger charge is -2.31. The standard InChI is InChI=1S/C15H23FN2O/c1-4-8-18(11-15(2,3)10-17)14(19)12-6-5-7-13(16)9-12/h5-7,9H,4,8,10-11,17H2,1-3H3. The van der Waals surface area contributed by atoms with Gasteiger partial charge in [0.25, 0.3) is 5.91 Å². The average molecular weight is 266 g/mol. The third-order valence-corrected chi connectivity index (χ3v) is 3.02. The molecule has 1 amide bonds. The third-order valence-electron chi connectivity index (χ3n) is 3.02.